The van der Waals surface area contributed by atoms with Gasteiger partial charge in [0.15, 0.2) is 0 Å². The van der Waals surface area contributed by atoms with Gasteiger partial charge in [0.1, 0.15) is 0 Å². The molecule has 0 unspecified atom stereocenters. The molecule has 4 heteroatoms. The van der Waals surface area contributed by atoms with Gasteiger partial charge >= 0.3 is 0 Å². The topological polar surface area (TPSA) is 26.8 Å². The Bertz CT molecular complexity index is 675. The lowest BCUT2D eigenvalue weighted by Crippen LogP contribution is -2.49. The molecule has 1 amide bonds. The fourth-order valence-corrected chi connectivity index (χ4v) is 3.02. The van der Waals surface area contributed by atoms with Crippen molar-refractivity contribution in [3.8, 4) is 0 Å². The predicted octanol–water partition coefficient (Wildman–Crippen LogP) is 2.16. The van der Waals surface area contributed by atoms with Crippen molar-refractivity contribution in [2.75, 3.05) is 53.4 Å². The van der Waals surface area contributed by atoms with Crippen LogP contribution in [0.3, 0.4) is 0 Å². The molecule has 0 N–H and O–H groups in total. The standard InChI is InChI=1S/C19H25N3O/c1-20(2)9-10-21-11-13-22(14-12-21)19(23)18-8-7-16-5-3-4-6-17(16)15-18/h3-8,15H,9-14H2,1-2H3. The van der Waals surface area contributed by atoms with Gasteiger partial charge in [-0.05, 0) is 37.0 Å². The summed E-state index contributed by atoms with van der Waals surface area (Å²) < 4.78 is 0. The number of rotatable bonds is 4. The summed E-state index contributed by atoms with van der Waals surface area (Å²) in [5, 5.41) is 2.31. The average molecular weight is 311 g/mol. The zero-order chi connectivity index (χ0) is 16.2. The Balaban J connectivity index is 1.62. The van der Waals surface area contributed by atoms with Crippen molar-refractivity contribution in [1.82, 2.24) is 14.7 Å². The number of nitrogens with zero attached hydrogens (tertiary/aromatic N) is 3. The van der Waals surface area contributed by atoms with Gasteiger partial charge in [0.05, 0.1) is 0 Å². The lowest BCUT2D eigenvalue weighted by Gasteiger charge is -2.35. The molecule has 0 spiro atoms. The first kappa shape index (κ1) is 16.0. The number of piperazine rings is 1. The first-order chi connectivity index (χ1) is 11.1. The third-order valence-corrected chi connectivity index (χ3v) is 4.52. The average Bonchev–Trinajstić information content (AvgIpc) is 2.59. The van der Waals surface area contributed by atoms with E-state index in [0.717, 1.165) is 50.2 Å². The van der Waals surface area contributed by atoms with Crippen LogP contribution in [0, 0.1) is 0 Å². The normalized spacial score (nSPS) is 16.2. The highest BCUT2D eigenvalue weighted by molar-refractivity contribution is 5.98. The first-order valence-electron chi connectivity index (χ1n) is 8.28. The highest BCUT2D eigenvalue weighted by Crippen LogP contribution is 2.17. The molecule has 23 heavy (non-hydrogen) atoms. The van der Waals surface area contributed by atoms with Crippen LogP contribution in [0.4, 0.5) is 0 Å². The van der Waals surface area contributed by atoms with Crippen LogP contribution in [-0.4, -0.2) is 74.0 Å². The van der Waals surface area contributed by atoms with E-state index in [1.165, 1.54) is 5.39 Å². The minimum atomic E-state index is 0.156. The molecule has 0 aromatic heterocycles. The number of hydrogen-bond acceptors (Lipinski definition) is 3. The largest absolute Gasteiger partial charge is 0.336 e. The molecular weight excluding hydrogens is 286 g/mol. The summed E-state index contributed by atoms with van der Waals surface area (Å²) in [6.07, 6.45) is 0. The van der Waals surface area contributed by atoms with Crippen molar-refractivity contribution in [2.45, 2.75) is 0 Å². The van der Waals surface area contributed by atoms with Gasteiger partial charge in [0.25, 0.3) is 5.91 Å². The van der Waals surface area contributed by atoms with Gasteiger partial charge in [-0.3, -0.25) is 9.69 Å². The SMILES string of the molecule is CN(C)CCN1CCN(C(=O)c2ccc3ccccc3c2)CC1. The molecule has 1 aliphatic rings. The molecule has 0 bridgehead atoms. The Hall–Kier alpha value is -1.91. The maximum absolute atomic E-state index is 12.7. The minimum Gasteiger partial charge on any atom is -0.336 e. The monoisotopic (exact) mass is 311 g/mol. The Kier molecular flexibility index (Phi) is 4.94. The Morgan fingerprint density at radius 3 is 2.39 bits per heavy atom. The van der Waals surface area contributed by atoms with Crippen LogP contribution < -0.4 is 0 Å². The molecular formula is C19H25N3O. The molecule has 1 aliphatic heterocycles. The van der Waals surface area contributed by atoms with Crippen LogP contribution in [-0.2, 0) is 0 Å². The number of carbonyl (C=O) groups is 1. The van der Waals surface area contributed by atoms with Crippen LogP contribution in [0.1, 0.15) is 10.4 Å². The molecule has 3 rings (SSSR count). The highest BCUT2D eigenvalue weighted by Gasteiger charge is 2.22. The summed E-state index contributed by atoms with van der Waals surface area (Å²) in [4.78, 5) is 19.3. The number of benzene rings is 2. The molecule has 1 fully saturated rings. The maximum Gasteiger partial charge on any atom is 0.253 e. The van der Waals surface area contributed by atoms with E-state index in [1.54, 1.807) is 0 Å². The Morgan fingerprint density at radius 2 is 1.70 bits per heavy atom. The molecule has 0 atom stereocenters. The van der Waals surface area contributed by atoms with Crippen molar-refractivity contribution in [1.29, 1.82) is 0 Å². The minimum absolute atomic E-state index is 0.156. The van der Waals surface area contributed by atoms with Crippen molar-refractivity contribution < 1.29 is 4.79 Å². The van der Waals surface area contributed by atoms with E-state index in [9.17, 15) is 4.79 Å². The van der Waals surface area contributed by atoms with Crippen molar-refractivity contribution in [2.24, 2.45) is 0 Å². The third kappa shape index (κ3) is 3.89. The van der Waals surface area contributed by atoms with Crippen LogP contribution in [0.2, 0.25) is 0 Å². The van der Waals surface area contributed by atoms with Gasteiger partial charge in [-0.2, -0.15) is 0 Å². The highest BCUT2D eigenvalue weighted by atomic mass is 16.2. The number of amides is 1. The van der Waals surface area contributed by atoms with Crippen molar-refractivity contribution in [3.63, 3.8) is 0 Å². The summed E-state index contributed by atoms with van der Waals surface area (Å²) in [6.45, 7) is 5.71. The van der Waals surface area contributed by atoms with E-state index in [2.05, 4.69) is 36.0 Å². The number of carbonyl (C=O) groups excluding carboxylic acids is 1. The maximum atomic E-state index is 12.7. The quantitative estimate of drug-likeness (QED) is 0.866. The molecule has 1 saturated heterocycles. The molecule has 122 valence electrons. The fourth-order valence-electron chi connectivity index (χ4n) is 3.02. The second-order valence-corrected chi connectivity index (χ2v) is 6.50. The molecule has 1 heterocycles. The van der Waals surface area contributed by atoms with Gasteiger partial charge in [-0.1, -0.05) is 30.3 Å². The fraction of sp³-hybridized carbons (Fsp3) is 0.421. The van der Waals surface area contributed by atoms with E-state index >= 15 is 0 Å². The lowest BCUT2D eigenvalue weighted by atomic mass is 10.1. The zero-order valence-electron chi connectivity index (χ0n) is 14.0. The molecule has 0 radical (unpaired) electrons. The molecule has 2 aromatic rings. The van der Waals surface area contributed by atoms with Gasteiger partial charge in [0, 0.05) is 44.8 Å². The summed E-state index contributed by atoms with van der Waals surface area (Å²) in [5.74, 6) is 0.156. The van der Waals surface area contributed by atoms with E-state index < -0.39 is 0 Å². The number of hydrogen-bond donors (Lipinski definition) is 0. The number of fused-ring (bicyclic) bond motifs is 1. The molecule has 0 saturated carbocycles. The van der Waals surface area contributed by atoms with E-state index in [4.69, 9.17) is 0 Å². The summed E-state index contributed by atoms with van der Waals surface area (Å²) in [6, 6.07) is 14.2. The van der Waals surface area contributed by atoms with Crippen LogP contribution in [0.5, 0.6) is 0 Å². The smallest absolute Gasteiger partial charge is 0.253 e. The van der Waals surface area contributed by atoms with Gasteiger partial charge in [-0.15, -0.1) is 0 Å². The summed E-state index contributed by atoms with van der Waals surface area (Å²) in [5.41, 5.74) is 0.797. The molecule has 0 aliphatic carbocycles. The first-order valence-corrected chi connectivity index (χ1v) is 8.28. The Labute approximate surface area is 138 Å². The van der Waals surface area contributed by atoms with Gasteiger partial charge < -0.3 is 9.80 Å². The summed E-state index contributed by atoms with van der Waals surface area (Å²) in [7, 11) is 4.19. The van der Waals surface area contributed by atoms with Crippen LogP contribution >= 0.6 is 0 Å². The predicted molar refractivity (Wildman–Crippen MR) is 94.8 cm³/mol. The van der Waals surface area contributed by atoms with E-state index in [0.29, 0.717) is 0 Å². The van der Waals surface area contributed by atoms with Crippen LogP contribution in [0.15, 0.2) is 42.5 Å². The van der Waals surface area contributed by atoms with Crippen LogP contribution in [0.25, 0.3) is 10.8 Å². The molecule has 2 aromatic carbocycles. The third-order valence-electron chi connectivity index (χ3n) is 4.52. The van der Waals surface area contributed by atoms with Crippen molar-refractivity contribution in [3.05, 3.63) is 48.0 Å². The lowest BCUT2D eigenvalue weighted by molar-refractivity contribution is 0.0630. The van der Waals surface area contributed by atoms with Gasteiger partial charge in [-0.25, -0.2) is 0 Å². The molecule has 4 nitrogen and oxygen atoms in total. The number of likely N-dealkylation sites (N-methyl/N-ethyl adjacent to an activating group) is 1. The Morgan fingerprint density at radius 1 is 1.00 bits per heavy atom. The van der Waals surface area contributed by atoms with E-state index in [-0.39, 0.29) is 5.91 Å². The van der Waals surface area contributed by atoms with Crippen molar-refractivity contribution >= 4 is 16.7 Å². The second-order valence-electron chi connectivity index (χ2n) is 6.50. The van der Waals surface area contributed by atoms with E-state index in [1.807, 2.05) is 35.2 Å². The zero-order valence-corrected chi connectivity index (χ0v) is 14.0. The second kappa shape index (κ2) is 7.11. The van der Waals surface area contributed by atoms with Gasteiger partial charge in [0.2, 0.25) is 0 Å². The summed E-state index contributed by atoms with van der Waals surface area (Å²) >= 11 is 0.